The normalized spacial score (nSPS) is 15.6. The second kappa shape index (κ2) is 6.75. The Kier molecular flexibility index (Phi) is 4.30. The fraction of sp³-hybridized carbons (Fsp3) is 0.400. The lowest BCUT2D eigenvalue weighted by atomic mass is 9.94. The molecule has 1 amide bonds. The number of furan rings is 1. The summed E-state index contributed by atoms with van der Waals surface area (Å²) in [6.45, 7) is 0.281. The molecule has 4 rings (SSSR count). The number of carbonyl (C=O) groups is 1. The highest BCUT2D eigenvalue weighted by Crippen LogP contribution is 2.26. The fourth-order valence-electron chi connectivity index (χ4n) is 3.75. The summed E-state index contributed by atoms with van der Waals surface area (Å²) < 4.78 is 7.51. The molecule has 0 N–H and O–H groups in total. The summed E-state index contributed by atoms with van der Waals surface area (Å²) in [5.41, 5.74) is 1.83. The van der Waals surface area contributed by atoms with Gasteiger partial charge in [0.05, 0.1) is 17.3 Å². The minimum Gasteiger partial charge on any atom is -0.461 e. The molecule has 0 bridgehead atoms. The van der Waals surface area contributed by atoms with E-state index in [1.165, 1.54) is 19.3 Å². The highest BCUT2D eigenvalue weighted by atomic mass is 16.3. The van der Waals surface area contributed by atoms with E-state index in [-0.39, 0.29) is 12.5 Å². The summed E-state index contributed by atoms with van der Waals surface area (Å²) in [5, 5.41) is 0. The zero-order chi connectivity index (χ0) is 17.2. The van der Waals surface area contributed by atoms with Crippen molar-refractivity contribution < 1.29 is 9.21 Å². The Labute approximate surface area is 147 Å². The van der Waals surface area contributed by atoms with Crippen LogP contribution in [0.4, 0.5) is 0 Å². The Morgan fingerprint density at radius 1 is 1.20 bits per heavy atom. The van der Waals surface area contributed by atoms with Gasteiger partial charge in [0.15, 0.2) is 11.6 Å². The molecular weight excluding hydrogens is 314 g/mol. The zero-order valence-corrected chi connectivity index (χ0v) is 14.5. The van der Waals surface area contributed by atoms with Crippen LogP contribution in [0, 0.1) is 0 Å². The van der Waals surface area contributed by atoms with Crippen molar-refractivity contribution in [1.29, 1.82) is 0 Å². The van der Waals surface area contributed by atoms with Gasteiger partial charge in [0.2, 0.25) is 5.91 Å². The summed E-state index contributed by atoms with van der Waals surface area (Å²) in [5.74, 6) is 1.52. The second-order valence-corrected chi connectivity index (χ2v) is 6.78. The molecule has 5 heteroatoms. The molecular formula is C20H23N3O2. The summed E-state index contributed by atoms with van der Waals surface area (Å²) >= 11 is 0. The van der Waals surface area contributed by atoms with Crippen LogP contribution in [0.15, 0.2) is 47.1 Å². The molecule has 25 heavy (non-hydrogen) atoms. The van der Waals surface area contributed by atoms with Gasteiger partial charge in [0, 0.05) is 13.1 Å². The largest absolute Gasteiger partial charge is 0.461 e. The van der Waals surface area contributed by atoms with E-state index in [4.69, 9.17) is 4.42 Å². The van der Waals surface area contributed by atoms with Crippen molar-refractivity contribution in [2.24, 2.45) is 0 Å². The number of carbonyl (C=O) groups excluding carboxylic acids is 1. The van der Waals surface area contributed by atoms with Gasteiger partial charge in [-0.25, -0.2) is 4.98 Å². The van der Waals surface area contributed by atoms with E-state index in [0.717, 1.165) is 23.9 Å². The summed E-state index contributed by atoms with van der Waals surface area (Å²) in [7, 11) is 1.93. The summed E-state index contributed by atoms with van der Waals surface area (Å²) in [6, 6.07) is 12.0. The van der Waals surface area contributed by atoms with E-state index in [1.807, 2.05) is 52.9 Å². The maximum absolute atomic E-state index is 12.9. The third-order valence-electron chi connectivity index (χ3n) is 5.21. The molecule has 0 spiro atoms. The summed E-state index contributed by atoms with van der Waals surface area (Å²) in [6.07, 6.45) is 7.57. The molecule has 1 saturated carbocycles. The standard InChI is InChI=1S/C20H23N3O2/c1-22(15-8-3-2-4-9-15)19(24)14-23-17-11-6-5-10-16(17)21-20(23)18-12-7-13-25-18/h5-7,10-13,15H,2-4,8-9,14H2,1H3. The van der Waals surface area contributed by atoms with Crippen molar-refractivity contribution in [3.63, 3.8) is 0 Å². The maximum Gasteiger partial charge on any atom is 0.242 e. The first-order valence-electron chi connectivity index (χ1n) is 8.99. The van der Waals surface area contributed by atoms with Crippen LogP contribution < -0.4 is 0 Å². The molecule has 130 valence electrons. The van der Waals surface area contributed by atoms with Crippen LogP contribution in [0.1, 0.15) is 32.1 Å². The molecule has 0 aliphatic heterocycles. The van der Waals surface area contributed by atoms with Crippen LogP contribution in [-0.4, -0.2) is 33.4 Å². The molecule has 1 aromatic carbocycles. The molecule has 1 aliphatic rings. The Hall–Kier alpha value is -2.56. The Morgan fingerprint density at radius 2 is 2.00 bits per heavy atom. The monoisotopic (exact) mass is 337 g/mol. The van der Waals surface area contributed by atoms with Crippen LogP contribution in [0.25, 0.3) is 22.6 Å². The number of likely N-dealkylation sites (N-methyl/N-ethyl adjacent to an activating group) is 1. The molecule has 3 aromatic rings. The van der Waals surface area contributed by atoms with Crippen molar-refractivity contribution in [3.05, 3.63) is 42.7 Å². The minimum atomic E-state index is 0.128. The number of hydrogen-bond acceptors (Lipinski definition) is 3. The number of rotatable bonds is 4. The number of hydrogen-bond donors (Lipinski definition) is 0. The van der Waals surface area contributed by atoms with E-state index < -0.39 is 0 Å². The van der Waals surface area contributed by atoms with Gasteiger partial charge in [0.1, 0.15) is 6.54 Å². The van der Waals surface area contributed by atoms with Crippen molar-refractivity contribution in [1.82, 2.24) is 14.5 Å². The van der Waals surface area contributed by atoms with Crippen molar-refractivity contribution >= 4 is 16.9 Å². The van der Waals surface area contributed by atoms with E-state index in [9.17, 15) is 4.79 Å². The quantitative estimate of drug-likeness (QED) is 0.720. The van der Waals surface area contributed by atoms with E-state index >= 15 is 0 Å². The number of fused-ring (bicyclic) bond motifs is 1. The first-order chi connectivity index (χ1) is 12.2. The number of amides is 1. The van der Waals surface area contributed by atoms with E-state index in [2.05, 4.69) is 4.98 Å². The zero-order valence-electron chi connectivity index (χ0n) is 14.5. The van der Waals surface area contributed by atoms with Gasteiger partial charge in [-0.05, 0) is 37.1 Å². The molecule has 2 heterocycles. The first kappa shape index (κ1) is 15.9. The third-order valence-corrected chi connectivity index (χ3v) is 5.21. The second-order valence-electron chi connectivity index (χ2n) is 6.78. The predicted molar refractivity (Wildman–Crippen MR) is 97.1 cm³/mol. The molecule has 5 nitrogen and oxygen atoms in total. The molecule has 0 radical (unpaired) electrons. The lowest BCUT2D eigenvalue weighted by Gasteiger charge is -2.31. The van der Waals surface area contributed by atoms with Gasteiger partial charge in [-0.15, -0.1) is 0 Å². The molecule has 1 aliphatic carbocycles. The number of nitrogens with zero attached hydrogens (tertiary/aromatic N) is 3. The highest BCUT2D eigenvalue weighted by molar-refractivity contribution is 5.84. The lowest BCUT2D eigenvalue weighted by molar-refractivity contribution is -0.133. The van der Waals surface area contributed by atoms with Crippen LogP contribution in [0.5, 0.6) is 0 Å². The fourth-order valence-corrected chi connectivity index (χ4v) is 3.75. The number of aromatic nitrogens is 2. The van der Waals surface area contributed by atoms with Crippen molar-refractivity contribution in [2.45, 2.75) is 44.7 Å². The smallest absolute Gasteiger partial charge is 0.242 e. The van der Waals surface area contributed by atoms with Gasteiger partial charge in [-0.3, -0.25) is 4.79 Å². The third kappa shape index (κ3) is 3.06. The summed E-state index contributed by atoms with van der Waals surface area (Å²) in [4.78, 5) is 19.5. The number of imidazole rings is 1. The number of benzene rings is 1. The lowest BCUT2D eigenvalue weighted by Crippen LogP contribution is -2.40. The van der Waals surface area contributed by atoms with Crippen LogP contribution in [0.3, 0.4) is 0 Å². The van der Waals surface area contributed by atoms with Gasteiger partial charge < -0.3 is 13.9 Å². The Balaban J connectivity index is 1.66. The van der Waals surface area contributed by atoms with E-state index in [0.29, 0.717) is 17.6 Å². The average Bonchev–Trinajstić information content (AvgIpc) is 3.30. The van der Waals surface area contributed by atoms with Crippen LogP contribution >= 0.6 is 0 Å². The van der Waals surface area contributed by atoms with Crippen molar-refractivity contribution in [3.8, 4) is 11.6 Å². The average molecular weight is 337 g/mol. The molecule has 0 atom stereocenters. The topological polar surface area (TPSA) is 51.3 Å². The Morgan fingerprint density at radius 3 is 2.76 bits per heavy atom. The number of para-hydroxylation sites is 2. The predicted octanol–water partition coefficient (Wildman–Crippen LogP) is 4.09. The molecule has 0 saturated heterocycles. The van der Waals surface area contributed by atoms with Gasteiger partial charge >= 0.3 is 0 Å². The molecule has 1 fully saturated rings. The molecule has 2 aromatic heterocycles. The highest BCUT2D eigenvalue weighted by Gasteiger charge is 2.24. The van der Waals surface area contributed by atoms with Crippen molar-refractivity contribution in [2.75, 3.05) is 7.05 Å². The maximum atomic E-state index is 12.9. The molecule has 0 unspecified atom stereocenters. The Bertz CT molecular complexity index is 860. The first-order valence-corrected chi connectivity index (χ1v) is 8.99. The van der Waals surface area contributed by atoms with Crippen LogP contribution in [0.2, 0.25) is 0 Å². The van der Waals surface area contributed by atoms with E-state index in [1.54, 1.807) is 6.26 Å². The van der Waals surface area contributed by atoms with Gasteiger partial charge in [-0.1, -0.05) is 31.4 Å². The SMILES string of the molecule is CN(C(=O)Cn1c(-c2ccco2)nc2ccccc21)C1CCCCC1. The van der Waals surface area contributed by atoms with Gasteiger partial charge in [-0.2, -0.15) is 0 Å². The van der Waals surface area contributed by atoms with Gasteiger partial charge in [0.25, 0.3) is 0 Å². The van der Waals surface area contributed by atoms with Crippen LogP contribution in [-0.2, 0) is 11.3 Å². The minimum absolute atomic E-state index is 0.128.